The van der Waals surface area contributed by atoms with Crippen LogP contribution in [0.15, 0.2) is 53.4 Å². The molecule has 2 aromatic carbocycles. The van der Waals surface area contributed by atoms with Crippen LogP contribution in [0, 0.1) is 5.92 Å². The first-order chi connectivity index (χ1) is 16.6. The lowest BCUT2D eigenvalue weighted by Gasteiger charge is -2.39. The van der Waals surface area contributed by atoms with Crippen LogP contribution in [-0.4, -0.2) is 69.9 Å². The molecule has 2 aliphatic rings. The Balaban J connectivity index is 1.31. The van der Waals surface area contributed by atoms with Crippen LogP contribution in [0.2, 0.25) is 0 Å². The number of methoxy groups -OCH3 is 1. The zero-order valence-corrected chi connectivity index (χ0v) is 20.2. The van der Waals surface area contributed by atoms with Gasteiger partial charge in [0.25, 0.3) is 0 Å². The molecule has 0 unspecified atom stereocenters. The summed E-state index contributed by atoms with van der Waals surface area (Å²) in [5, 5.41) is 0. The Kier molecular flexibility index (Phi) is 7.27. The van der Waals surface area contributed by atoms with Gasteiger partial charge in [-0.1, -0.05) is 6.07 Å². The monoisotopic (exact) mass is 511 g/mol. The zero-order valence-electron chi connectivity index (χ0n) is 19.4. The Morgan fingerprint density at radius 3 is 2.14 bits per heavy atom. The van der Waals surface area contributed by atoms with E-state index in [9.17, 15) is 26.4 Å². The molecule has 2 aliphatic heterocycles. The molecule has 2 fully saturated rings. The molecule has 0 aliphatic carbocycles. The van der Waals surface area contributed by atoms with E-state index < -0.39 is 21.8 Å². The standard InChI is InChI=1S/C24H28F3N3O4S/c1-34-21-5-7-22(8-6-21)35(32,33)30-11-9-18(10-12-30)23(31)29-15-13-28(14-16-29)20-4-2-3-19(17-20)24(25,26)27/h2-8,17-18H,9-16H2,1H3. The summed E-state index contributed by atoms with van der Waals surface area (Å²) < 4.78 is 71.4. The summed E-state index contributed by atoms with van der Waals surface area (Å²) in [5.74, 6) is 0.286. The molecular formula is C24H28F3N3O4S. The van der Waals surface area contributed by atoms with E-state index >= 15 is 0 Å². The molecule has 0 atom stereocenters. The molecule has 11 heteroatoms. The van der Waals surface area contributed by atoms with Gasteiger partial charge in [0.1, 0.15) is 5.75 Å². The van der Waals surface area contributed by atoms with Gasteiger partial charge in [-0.3, -0.25) is 4.79 Å². The molecule has 0 spiro atoms. The SMILES string of the molecule is COc1ccc(S(=O)(=O)N2CCC(C(=O)N3CCN(c4cccc(C(F)(F)F)c4)CC3)CC2)cc1. The molecule has 190 valence electrons. The lowest BCUT2D eigenvalue weighted by atomic mass is 9.96. The number of alkyl halides is 3. The van der Waals surface area contributed by atoms with E-state index in [0.29, 0.717) is 50.5 Å². The first kappa shape index (κ1) is 25.3. The van der Waals surface area contributed by atoms with E-state index in [0.717, 1.165) is 12.1 Å². The molecule has 7 nitrogen and oxygen atoms in total. The fourth-order valence-electron chi connectivity index (χ4n) is 4.56. The van der Waals surface area contributed by atoms with Crippen molar-refractivity contribution in [2.75, 3.05) is 51.3 Å². The number of halogens is 3. The number of carbonyl (C=O) groups excluding carboxylic acids is 1. The lowest BCUT2D eigenvalue weighted by Crippen LogP contribution is -2.52. The summed E-state index contributed by atoms with van der Waals surface area (Å²) >= 11 is 0. The number of sulfonamides is 1. The third kappa shape index (κ3) is 5.56. The minimum atomic E-state index is -4.40. The summed E-state index contributed by atoms with van der Waals surface area (Å²) in [4.78, 5) is 16.8. The number of hydrogen-bond donors (Lipinski definition) is 0. The fraction of sp³-hybridized carbons (Fsp3) is 0.458. The summed E-state index contributed by atoms with van der Waals surface area (Å²) in [5.41, 5.74) is -0.200. The molecule has 2 saturated heterocycles. The molecule has 1 amide bonds. The topological polar surface area (TPSA) is 70.2 Å². The minimum Gasteiger partial charge on any atom is -0.497 e. The maximum atomic E-state index is 13.1. The van der Waals surface area contributed by atoms with Gasteiger partial charge in [0.15, 0.2) is 0 Å². The Labute approximate surface area is 203 Å². The van der Waals surface area contributed by atoms with Crippen molar-refractivity contribution in [1.82, 2.24) is 9.21 Å². The van der Waals surface area contributed by atoms with E-state index in [-0.39, 0.29) is 29.8 Å². The van der Waals surface area contributed by atoms with Gasteiger partial charge >= 0.3 is 6.18 Å². The second-order valence-electron chi connectivity index (χ2n) is 8.71. The van der Waals surface area contributed by atoms with E-state index in [1.807, 2.05) is 4.90 Å². The van der Waals surface area contributed by atoms with Crippen LogP contribution in [0.4, 0.5) is 18.9 Å². The summed E-state index contributed by atoms with van der Waals surface area (Å²) in [6.45, 7) is 2.23. The van der Waals surface area contributed by atoms with Crippen LogP contribution < -0.4 is 9.64 Å². The van der Waals surface area contributed by atoms with E-state index in [4.69, 9.17) is 4.74 Å². The number of hydrogen-bond acceptors (Lipinski definition) is 5. The molecule has 0 aromatic heterocycles. The van der Waals surface area contributed by atoms with Crippen molar-refractivity contribution in [3.63, 3.8) is 0 Å². The van der Waals surface area contributed by atoms with E-state index in [1.54, 1.807) is 23.1 Å². The van der Waals surface area contributed by atoms with Crippen LogP contribution in [0.5, 0.6) is 5.75 Å². The zero-order chi connectivity index (χ0) is 25.2. The van der Waals surface area contributed by atoms with Gasteiger partial charge in [-0.2, -0.15) is 17.5 Å². The maximum Gasteiger partial charge on any atom is 0.416 e. The summed E-state index contributed by atoms with van der Waals surface area (Å²) in [7, 11) is -2.14. The highest BCUT2D eigenvalue weighted by Gasteiger charge is 2.35. The van der Waals surface area contributed by atoms with Gasteiger partial charge in [-0.25, -0.2) is 8.42 Å². The van der Waals surface area contributed by atoms with Crippen LogP contribution in [0.3, 0.4) is 0 Å². The molecule has 2 heterocycles. The molecule has 0 N–H and O–H groups in total. The van der Waals surface area contributed by atoms with Crippen LogP contribution in [0.25, 0.3) is 0 Å². The molecule has 0 radical (unpaired) electrons. The highest BCUT2D eigenvalue weighted by molar-refractivity contribution is 7.89. The van der Waals surface area contributed by atoms with Crippen molar-refractivity contribution in [1.29, 1.82) is 0 Å². The predicted octanol–water partition coefficient (Wildman–Crippen LogP) is 3.46. The van der Waals surface area contributed by atoms with Gasteiger partial charge in [-0.05, 0) is 55.3 Å². The third-order valence-electron chi connectivity index (χ3n) is 6.63. The number of amides is 1. The quantitative estimate of drug-likeness (QED) is 0.615. The second kappa shape index (κ2) is 10.1. The van der Waals surface area contributed by atoms with Crippen LogP contribution in [0.1, 0.15) is 18.4 Å². The normalized spacial score (nSPS) is 18.5. The minimum absolute atomic E-state index is 0.0183. The lowest BCUT2D eigenvalue weighted by molar-refractivity contribution is -0.137. The molecule has 35 heavy (non-hydrogen) atoms. The first-order valence-electron chi connectivity index (χ1n) is 11.4. The van der Waals surface area contributed by atoms with Gasteiger partial charge in [0.2, 0.25) is 15.9 Å². The Hall–Kier alpha value is -2.79. The highest BCUT2D eigenvalue weighted by atomic mass is 32.2. The van der Waals surface area contributed by atoms with Crippen molar-refractivity contribution in [3.8, 4) is 5.75 Å². The number of piperidine rings is 1. The summed E-state index contributed by atoms with van der Waals surface area (Å²) in [6.07, 6.45) is -3.53. The van der Waals surface area contributed by atoms with Crippen molar-refractivity contribution in [2.45, 2.75) is 23.9 Å². The number of ether oxygens (including phenoxy) is 1. The van der Waals surface area contributed by atoms with Crippen molar-refractivity contribution in [3.05, 3.63) is 54.1 Å². The van der Waals surface area contributed by atoms with Crippen molar-refractivity contribution in [2.24, 2.45) is 5.92 Å². The molecular weight excluding hydrogens is 483 g/mol. The third-order valence-corrected chi connectivity index (χ3v) is 8.54. The Bertz CT molecular complexity index is 1140. The highest BCUT2D eigenvalue weighted by Crippen LogP contribution is 2.32. The molecule has 2 aromatic rings. The van der Waals surface area contributed by atoms with Gasteiger partial charge in [-0.15, -0.1) is 0 Å². The molecule has 4 rings (SSSR count). The van der Waals surface area contributed by atoms with Crippen molar-refractivity contribution >= 4 is 21.6 Å². The van der Waals surface area contributed by atoms with Crippen LogP contribution in [-0.2, 0) is 21.0 Å². The predicted molar refractivity (Wildman–Crippen MR) is 125 cm³/mol. The number of nitrogens with zero attached hydrogens (tertiary/aromatic N) is 3. The average Bonchev–Trinajstić information content (AvgIpc) is 2.88. The van der Waals surface area contributed by atoms with Crippen LogP contribution >= 0.6 is 0 Å². The first-order valence-corrected chi connectivity index (χ1v) is 12.9. The fourth-order valence-corrected chi connectivity index (χ4v) is 6.03. The number of anilines is 1. The number of piperazine rings is 1. The second-order valence-corrected chi connectivity index (χ2v) is 10.7. The molecule has 0 bridgehead atoms. The Morgan fingerprint density at radius 2 is 1.57 bits per heavy atom. The van der Waals surface area contributed by atoms with E-state index in [1.165, 1.54) is 29.6 Å². The number of rotatable bonds is 5. The van der Waals surface area contributed by atoms with Gasteiger partial charge in [0.05, 0.1) is 17.6 Å². The van der Waals surface area contributed by atoms with Gasteiger partial charge in [0, 0.05) is 50.9 Å². The van der Waals surface area contributed by atoms with Crippen molar-refractivity contribution < 1.29 is 31.1 Å². The Morgan fingerprint density at radius 1 is 0.943 bits per heavy atom. The average molecular weight is 512 g/mol. The summed E-state index contributed by atoms with van der Waals surface area (Å²) in [6, 6.07) is 11.4. The van der Waals surface area contributed by atoms with Gasteiger partial charge < -0.3 is 14.5 Å². The largest absolute Gasteiger partial charge is 0.497 e. The number of carbonyl (C=O) groups is 1. The maximum absolute atomic E-state index is 13.1. The number of benzene rings is 2. The molecule has 0 saturated carbocycles. The van der Waals surface area contributed by atoms with E-state index in [2.05, 4.69) is 0 Å². The smallest absolute Gasteiger partial charge is 0.416 e.